The van der Waals surface area contributed by atoms with Crippen LogP contribution in [0.2, 0.25) is 0 Å². The van der Waals surface area contributed by atoms with Crippen molar-refractivity contribution in [2.45, 2.75) is 38.5 Å². The molecule has 1 amide bonds. The van der Waals surface area contributed by atoms with Crippen molar-refractivity contribution in [2.75, 3.05) is 20.1 Å². The Balaban J connectivity index is 1.33. The van der Waals surface area contributed by atoms with Gasteiger partial charge >= 0.3 is 0 Å². The minimum Gasteiger partial charge on any atom is -0.387 e. The smallest absolute Gasteiger partial charge is 0.271 e. The van der Waals surface area contributed by atoms with Gasteiger partial charge in [0.05, 0.1) is 12.2 Å². The second-order valence-corrected chi connectivity index (χ2v) is 7.92. The fourth-order valence-corrected chi connectivity index (χ4v) is 3.90. The van der Waals surface area contributed by atoms with Crippen LogP contribution in [0.3, 0.4) is 0 Å². The van der Waals surface area contributed by atoms with Crippen LogP contribution in [0.15, 0.2) is 53.8 Å². The number of benzene rings is 1. The molecular formula is C22H26N4O2. The van der Waals surface area contributed by atoms with Crippen molar-refractivity contribution in [3.05, 3.63) is 65.5 Å². The van der Waals surface area contributed by atoms with Crippen molar-refractivity contribution in [1.29, 1.82) is 0 Å². The number of nitrogens with zero attached hydrogens (tertiary/aromatic N) is 4. The molecule has 0 bridgehead atoms. The first kappa shape index (κ1) is 18.6. The lowest BCUT2D eigenvalue weighted by atomic mass is 9.96. The second-order valence-electron chi connectivity index (χ2n) is 7.92. The monoisotopic (exact) mass is 378 g/mol. The molecule has 0 unspecified atom stereocenters. The number of amides is 1. The van der Waals surface area contributed by atoms with Crippen LogP contribution in [0.25, 0.3) is 0 Å². The Labute approximate surface area is 165 Å². The van der Waals surface area contributed by atoms with Crippen LogP contribution in [0.5, 0.6) is 0 Å². The van der Waals surface area contributed by atoms with E-state index in [9.17, 15) is 4.79 Å². The fourth-order valence-electron chi connectivity index (χ4n) is 3.90. The lowest BCUT2D eigenvalue weighted by molar-refractivity contribution is -0.123. The number of aryl methyl sites for hydroxylation is 1. The molecule has 0 saturated carbocycles. The number of oxime groups is 1. The van der Waals surface area contributed by atoms with E-state index in [2.05, 4.69) is 46.2 Å². The molecule has 6 heteroatoms. The van der Waals surface area contributed by atoms with Crippen molar-refractivity contribution in [2.24, 2.45) is 5.16 Å². The van der Waals surface area contributed by atoms with Crippen LogP contribution in [0, 0.1) is 6.92 Å². The van der Waals surface area contributed by atoms with E-state index in [4.69, 9.17) is 4.84 Å². The van der Waals surface area contributed by atoms with Gasteiger partial charge in [-0.25, -0.2) is 0 Å². The van der Waals surface area contributed by atoms with Gasteiger partial charge in [0.2, 0.25) is 0 Å². The maximum atomic E-state index is 12.8. The lowest BCUT2D eigenvalue weighted by Gasteiger charge is -2.22. The summed E-state index contributed by atoms with van der Waals surface area (Å²) in [6, 6.07) is 14.3. The van der Waals surface area contributed by atoms with Gasteiger partial charge in [0.15, 0.2) is 5.60 Å². The van der Waals surface area contributed by atoms with Crippen molar-refractivity contribution in [3.63, 3.8) is 0 Å². The number of hydrogen-bond donors (Lipinski definition) is 0. The molecule has 0 aliphatic carbocycles. The fraction of sp³-hybridized carbons (Fsp3) is 0.409. The maximum Gasteiger partial charge on any atom is 0.271 e. The Morgan fingerprint density at radius 1 is 1.25 bits per heavy atom. The van der Waals surface area contributed by atoms with Crippen molar-refractivity contribution in [1.82, 2.24) is 14.8 Å². The minimum absolute atomic E-state index is 0.0838. The molecule has 3 heterocycles. The average Bonchev–Trinajstić information content (AvgIpc) is 3.30. The molecular weight excluding hydrogens is 352 g/mol. The topological polar surface area (TPSA) is 58.0 Å². The Hall–Kier alpha value is -2.73. The molecule has 1 aromatic carbocycles. The summed E-state index contributed by atoms with van der Waals surface area (Å²) in [5.41, 5.74) is 3.58. The number of hydrogen-bond acceptors (Lipinski definition) is 5. The SMILES string of the molecule is Cc1ccc(CN2CC[C@]3(CC(C(=O)N(C)Cc4ccccn4)=NO3)C2)cc1. The molecule has 146 valence electrons. The van der Waals surface area contributed by atoms with Crippen molar-refractivity contribution >= 4 is 11.6 Å². The third kappa shape index (κ3) is 4.07. The van der Waals surface area contributed by atoms with Crippen LogP contribution in [-0.4, -0.2) is 52.1 Å². The Morgan fingerprint density at radius 3 is 2.82 bits per heavy atom. The summed E-state index contributed by atoms with van der Waals surface area (Å²) in [6.07, 6.45) is 3.20. The van der Waals surface area contributed by atoms with Crippen molar-refractivity contribution in [3.8, 4) is 0 Å². The van der Waals surface area contributed by atoms with Gasteiger partial charge < -0.3 is 9.74 Å². The van der Waals surface area contributed by atoms with Gasteiger partial charge in [-0.3, -0.25) is 14.7 Å². The number of likely N-dealkylation sites (tertiary alicyclic amines) is 1. The third-order valence-electron chi connectivity index (χ3n) is 5.48. The molecule has 1 fully saturated rings. The molecule has 1 aromatic heterocycles. The van der Waals surface area contributed by atoms with E-state index < -0.39 is 0 Å². The zero-order valence-electron chi connectivity index (χ0n) is 16.5. The predicted molar refractivity (Wildman–Crippen MR) is 108 cm³/mol. The summed E-state index contributed by atoms with van der Waals surface area (Å²) < 4.78 is 0. The van der Waals surface area contributed by atoms with Gasteiger partial charge in [-0.2, -0.15) is 0 Å². The highest BCUT2D eigenvalue weighted by Crippen LogP contribution is 2.34. The zero-order valence-corrected chi connectivity index (χ0v) is 16.5. The Bertz CT molecular complexity index is 866. The van der Waals surface area contributed by atoms with E-state index in [1.807, 2.05) is 18.2 Å². The van der Waals surface area contributed by atoms with E-state index >= 15 is 0 Å². The van der Waals surface area contributed by atoms with Crippen molar-refractivity contribution < 1.29 is 9.63 Å². The van der Waals surface area contributed by atoms with Crippen LogP contribution in [0.1, 0.15) is 29.7 Å². The number of pyridine rings is 1. The Morgan fingerprint density at radius 2 is 2.07 bits per heavy atom. The molecule has 6 nitrogen and oxygen atoms in total. The van der Waals surface area contributed by atoms with Crippen LogP contribution in [-0.2, 0) is 22.7 Å². The highest BCUT2D eigenvalue weighted by molar-refractivity contribution is 6.39. The molecule has 2 aliphatic rings. The molecule has 4 rings (SSSR count). The summed E-state index contributed by atoms with van der Waals surface area (Å²) in [6.45, 7) is 5.21. The molecule has 0 N–H and O–H groups in total. The zero-order chi connectivity index (χ0) is 19.6. The van der Waals surface area contributed by atoms with Gasteiger partial charge in [0.25, 0.3) is 5.91 Å². The Kier molecular flexibility index (Phi) is 5.13. The number of aromatic nitrogens is 1. The molecule has 2 aliphatic heterocycles. The summed E-state index contributed by atoms with van der Waals surface area (Å²) in [7, 11) is 1.78. The van der Waals surface area contributed by atoms with Gasteiger partial charge in [-0.15, -0.1) is 0 Å². The van der Waals surface area contributed by atoms with Crippen LogP contribution >= 0.6 is 0 Å². The average molecular weight is 378 g/mol. The van der Waals surface area contributed by atoms with Crippen LogP contribution < -0.4 is 0 Å². The minimum atomic E-state index is -0.360. The van der Waals surface area contributed by atoms with E-state index in [-0.39, 0.29) is 11.5 Å². The second kappa shape index (κ2) is 7.72. The predicted octanol–water partition coefficient (Wildman–Crippen LogP) is 2.77. The standard InChI is InChI=1S/C22H26N4O2/c1-17-6-8-18(9-7-17)14-26-12-10-22(16-26)13-20(24-28-22)21(27)25(2)15-19-5-3-4-11-23-19/h3-9,11H,10,12-16H2,1-2H3/t22-/m0/s1. The number of rotatable bonds is 5. The van der Waals surface area contributed by atoms with Gasteiger partial charge in [-0.05, 0) is 24.6 Å². The van der Waals surface area contributed by atoms with Gasteiger partial charge in [-0.1, -0.05) is 41.1 Å². The molecule has 1 saturated heterocycles. The normalized spacial score (nSPS) is 21.6. The molecule has 1 atom stereocenters. The van der Waals surface area contributed by atoms with Gasteiger partial charge in [0, 0.05) is 45.7 Å². The first-order valence-corrected chi connectivity index (χ1v) is 9.71. The van der Waals surface area contributed by atoms with E-state index in [0.717, 1.165) is 31.7 Å². The largest absolute Gasteiger partial charge is 0.387 e. The van der Waals surface area contributed by atoms with E-state index in [0.29, 0.717) is 18.7 Å². The first-order chi connectivity index (χ1) is 13.5. The molecule has 28 heavy (non-hydrogen) atoms. The highest BCUT2D eigenvalue weighted by Gasteiger charge is 2.46. The highest BCUT2D eigenvalue weighted by atomic mass is 16.7. The molecule has 0 radical (unpaired) electrons. The number of carbonyl (C=O) groups excluding carboxylic acids is 1. The summed E-state index contributed by atoms with van der Waals surface area (Å²) in [5.74, 6) is -0.0838. The lowest BCUT2D eigenvalue weighted by Crippen LogP contribution is -2.37. The van der Waals surface area contributed by atoms with Gasteiger partial charge in [0.1, 0.15) is 5.71 Å². The summed E-state index contributed by atoms with van der Waals surface area (Å²) in [4.78, 5) is 26.9. The maximum absolute atomic E-state index is 12.8. The van der Waals surface area contributed by atoms with E-state index in [1.54, 1.807) is 18.1 Å². The summed E-state index contributed by atoms with van der Waals surface area (Å²) in [5, 5.41) is 4.17. The summed E-state index contributed by atoms with van der Waals surface area (Å²) >= 11 is 0. The quantitative estimate of drug-likeness (QED) is 0.803. The number of carbonyl (C=O) groups is 1. The first-order valence-electron chi connectivity index (χ1n) is 9.71. The third-order valence-corrected chi connectivity index (χ3v) is 5.48. The molecule has 1 spiro atoms. The van der Waals surface area contributed by atoms with Crippen LogP contribution in [0.4, 0.5) is 0 Å². The van der Waals surface area contributed by atoms with E-state index in [1.165, 1.54) is 11.1 Å². The molecule has 2 aromatic rings.